The quantitative estimate of drug-likeness (QED) is 0.649. The molecule has 0 saturated carbocycles. The maximum absolute atomic E-state index is 12.2. The zero-order valence-electron chi connectivity index (χ0n) is 15.4. The van der Waals surface area contributed by atoms with Gasteiger partial charge in [-0.25, -0.2) is 4.79 Å². The van der Waals surface area contributed by atoms with Gasteiger partial charge in [-0.15, -0.1) is 0 Å². The summed E-state index contributed by atoms with van der Waals surface area (Å²) in [5.41, 5.74) is 0.222. The van der Waals surface area contributed by atoms with Gasteiger partial charge in [-0.3, -0.25) is 4.79 Å². The molecule has 6 nitrogen and oxygen atoms in total. The van der Waals surface area contributed by atoms with Gasteiger partial charge < -0.3 is 19.9 Å². The fraction of sp³-hybridized carbons (Fsp3) is 0.238. The molecule has 0 spiro atoms. The Morgan fingerprint density at radius 1 is 1.14 bits per heavy atom. The summed E-state index contributed by atoms with van der Waals surface area (Å²) in [4.78, 5) is 23.5. The van der Waals surface area contributed by atoms with Crippen molar-refractivity contribution in [3.8, 4) is 17.2 Å². The molecule has 2 N–H and O–H groups in total. The van der Waals surface area contributed by atoms with Crippen molar-refractivity contribution in [3.05, 3.63) is 64.2 Å². The van der Waals surface area contributed by atoms with Crippen LogP contribution in [0.1, 0.15) is 19.3 Å². The number of amides is 1. The topological polar surface area (TPSA) is 84.9 Å². The van der Waals surface area contributed by atoms with E-state index in [0.717, 1.165) is 6.42 Å². The van der Waals surface area contributed by atoms with Crippen LogP contribution in [0.3, 0.4) is 0 Å². The smallest absolute Gasteiger partial charge is 0.333 e. The molecule has 0 aromatic heterocycles. The van der Waals surface area contributed by atoms with E-state index < -0.39 is 17.9 Å². The second-order valence-electron chi connectivity index (χ2n) is 6.46. The molecule has 0 fully saturated rings. The first-order chi connectivity index (χ1) is 13.9. The molecule has 2 aromatic carbocycles. The average Bonchev–Trinajstić information content (AvgIpc) is 2.69. The van der Waals surface area contributed by atoms with Crippen LogP contribution in [0.15, 0.2) is 54.1 Å². The summed E-state index contributed by atoms with van der Waals surface area (Å²) in [5.74, 6) is -0.0510. The lowest BCUT2D eigenvalue weighted by Gasteiger charge is -2.22. The number of hydrogen-bond donors (Lipinski definition) is 2. The molecule has 1 amide bonds. The molecule has 0 saturated heterocycles. The summed E-state index contributed by atoms with van der Waals surface area (Å²) in [6.07, 6.45) is 3.78. The SMILES string of the molecule is O=C(COc1cccc(Oc2ccc(Cl)cc2Cl)c1)NC1CCCC=C1C(=O)O. The average molecular weight is 436 g/mol. The molecule has 29 heavy (non-hydrogen) atoms. The van der Waals surface area contributed by atoms with Gasteiger partial charge >= 0.3 is 5.97 Å². The fourth-order valence-electron chi connectivity index (χ4n) is 2.96. The zero-order valence-corrected chi connectivity index (χ0v) is 16.9. The minimum absolute atomic E-state index is 0.222. The molecule has 3 rings (SSSR count). The molecule has 0 aliphatic heterocycles. The molecular formula is C21H19Cl2NO5. The third kappa shape index (κ3) is 5.89. The number of aliphatic carboxylic acids is 1. The Hall–Kier alpha value is -2.70. The predicted octanol–water partition coefficient (Wildman–Crippen LogP) is 4.84. The van der Waals surface area contributed by atoms with Crippen LogP contribution in [0.2, 0.25) is 10.0 Å². The molecule has 1 aliphatic rings. The van der Waals surface area contributed by atoms with Crippen molar-refractivity contribution in [1.29, 1.82) is 0 Å². The highest BCUT2D eigenvalue weighted by atomic mass is 35.5. The molecule has 152 valence electrons. The van der Waals surface area contributed by atoms with Crippen LogP contribution in [0.5, 0.6) is 17.2 Å². The molecule has 0 radical (unpaired) electrons. The highest BCUT2D eigenvalue weighted by Gasteiger charge is 2.24. The Morgan fingerprint density at radius 3 is 2.69 bits per heavy atom. The van der Waals surface area contributed by atoms with E-state index in [4.69, 9.17) is 32.7 Å². The number of rotatable bonds is 7. The van der Waals surface area contributed by atoms with E-state index in [9.17, 15) is 14.7 Å². The molecular weight excluding hydrogens is 417 g/mol. The Morgan fingerprint density at radius 2 is 1.93 bits per heavy atom. The van der Waals surface area contributed by atoms with Crippen molar-refractivity contribution in [2.45, 2.75) is 25.3 Å². The molecule has 8 heteroatoms. The summed E-state index contributed by atoms with van der Waals surface area (Å²) in [5, 5.41) is 12.8. The Kier molecular flexibility index (Phi) is 7.01. The van der Waals surface area contributed by atoms with Crippen LogP contribution < -0.4 is 14.8 Å². The van der Waals surface area contributed by atoms with E-state index in [0.29, 0.717) is 40.1 Å². The number of carbonyl (C=O) groups is 2. The van der Waals surface area contributed by atoms with Crippen LogP contribution in [0, 0.1) is 0 Å². The molecule has 2 aromatic rings. The first-order valence-corrected chi connectivity index (χ1v) is 9.76. The van der Waals surface area contributed by atoms with Crippen LogP contribution in [0.4, 0.5) is 0 Å². The lowest BCUT2D eigenvalue weighted by atomic mass is 9.94. The lowest BCUT2D eigenvalue weighted by Crippen LogP contribution is -2.41. The predicted molar refractivity (Wildman–Crippen MR) is 110 cm³/mol. The second-order valence-corrected chi connectivity index (χ2v) is 7.30. The number of ether oxygens (including phenoxy) is 2. The molecule has 1 atom stereocenters. The minimum atomic E-state index is -1.01. The normalized spacial score (nSPS) is 15.9. The van der Waals surface area contributed by atoms with Gasteiger partial charge in [0.05, 0.1) is 16.6 Å². The van der Waals surface area contributed by atoms with Gasteiger partial charge in [0.2, 0.25) is 0 Å². The second kappa shape index (κ2) is 9.67. The van der Waals surface area contributed by atoms with Crippen molar-refractivity contribution in [2.75, 3.05) is 6.61 Å². The van der Waals surface area contributed by atoms with E-state index in [2.05, 4.69) is 5.32 Å². The highest BCUT2D eigenvalue weighted by molar-refractivity contribution is 6.35. The Labute approximate surface area is 178 Å². The molecule has 1 aliphatic carbocycles. The van der Waals surface area contributed by atoms with Gasteiger partial charge in [0, 0.05) is 11.1 Å². The maximum Gasteiger partial charge on any atom is 0.333 e. The van der Waals surface area contributed by atoms with Crippen LogP contribution >= 0.6 is 23.2 Å². The van der Waals surface area contributed by atoms with Crippen LogP contribution in [0.25, 0.3) is 0 Å². The number of allylic oxidation sites excluding steroid dienone is 1. The number of nitrogens with one attached hydrogen (secondary N) is 1. The van der Waals surface area contributed by atoms with Crippen molar-refractivity contribution < 1.29 is 24.2 Å². The Balaban J connectivity index is 1.57. The monoisotopic (exact) mass is 435 g/mol. The number of hydrogen-bond acceptors (Lipinski definition) is 4. The molecule has 0 heterocycles. The van der Waals surface area contributed by atoms with Gasteiger partial charge in [0.25, 0.3) is 5.91 Å². The third-order valence-electron chi connectivity index (χ3n) is 4.32. The third-order valence-corrected chi connectivity index (χ3v) is 4.85. The summed E-state index contributed by atoms with van der Waals surface area (Å²) >= 11 is 12.0. The van der Waals surface area contributed by atoms with Gasteiger partial charge in [-0.1, -0.05) is 35.3 Å². The van der Waals surface area contributed by atoms with Crippen molar-refractivity contribution >= 4 is 35.1 Å². The van der Waals surface area contributed by atoms with Crippen molar-refractivity contribution in [1.82, 2.24) is 5.32 Å². The summed E-state index contributed by atoms with van der Waals surface area (Å²) < 4.78 is 11.2. The van der Waals surface area contributed by atoms with Crippen LogP contribution in [-0.4, -0.2) is 29.6 Å². The van der Waals surface area contributed by atoms with Crippen molar-refractivity contribution in [2.24, 2.45) is 0 Å². The van der Waals surface area contributed by atoms with Crippen molar-refractivity contribution in [3.63, 3.8) is 0 Å². The van der Waals surface area contributed by atoms with E-state index in [-0.39, 0.29) is 12.2 Å². The molecule has 1 unspecified atom stereocenters. The number of benzene rings is 2. The van der Waals surface area contributed by atoms with Gasteiger partial charge in [0.1, 0.15) is 17.2 Å². The van der Waals surface area contributed by atoms with E-state index >= 15 is 0 Å². The van der Waals surface area contributed by atoms with Crippen LogP contribution in [-0.2, 0) is 9.59 Å². The lowest BCUT2D eigenvalue weighted by molar-refractivity contribution is -0.133. The fourth-order valence-corrected chi connectivity index (χ4v) is 3.41. The standard InChI is InChI=1S/C21H19Cl2NO5/c22-13-8-9-19(17(23)10-13)29-15-5-3-4-14(11-15)28-12-20(25)24-18-7-2-1-6-16(18)21(26)27/h3-6,8-11,18H,1-2,7,12H2,(H,24,25)(H,26,27). The maximum atomic E-state index is 12.2. The summed E-state index contributed by atoms with van der Waals surface area (Å²) in [6.45, 7) is -0.242. The highest BCUT2D eigenvalue weighted by Crippen LogP contribution is 2.32. The number of halogens is 2. The van der Waals surface area contributed by atoms with E-state index in [1.54, 1.807) is 48.5 Å². The molecule has 0 bridgehead atoms. The van der Waals surface area contributed by atoms with Gasteiger partial charge in [-0.05, 0) is 49.6 Å². The van der Waals surface area contributed by atoms with E-state index in [1.165, 1.54) is 0 Å². The van der Waals surface area contributed by atoms with Gasteiger partial charge in [-0.2, -0.15) is 0 Å². The first-order valence-electron chi connectivity index (χ1n) is 9.01. The number of carboxylic acid groups (broad SMARTS) is 1. The zero-order chi connectivity index (χ0) is 20.8. The minimum Gasteiger partial charge on any atom is -0.484 e. The summed E-state index contributed by atoms with van der Waals surface area (Å²) in [7, 11) is 0. The Bertz CT molecular complexity index is 944. The van der Waals surface area contributed by atoms with Gasteiger partial charge in [0.15, 0.2) is 6.61 Å². The summed E-state index contributed by atoms with van der Waals surface area (Å²) in [6, 6.07) is 11.2. The number of carbonyl (C=O) groups excluding carboxylic acids is 1. The van der Waals surface area contributed by atoms with E-state index in [1.807, 2.05) is 0 Å². The first kappa shape index (κ1) is 21.0. The number of carboxylic acids is 1. The largest absolute Gasteiger partial charge is 0.484 e.